The Morgan fingerprint density at radius 1 is 1.30 bits per heavy atom. The summed E-state index contributed by atoms with van der Waals surface area (Å²) in [5, 5.41) is 31.9. The number of thiazole rings is 1. The van der Waals surface area contributed by atoms with Gasteiger partial charge in [0.2, 0.25) is 15.8 Å². The maximum Gasteiger partial charge on any atom is 0.431 e. The van der Waals surface area contributed by atoms with Crippen LogP contribution in [0.25, 0.3) is 10.4 Å². The third kappa shape index (κ3) is 5.67. The highest BCUT2D eigenvalue weighted by atomic mass is 127. The van der Waals surface area contributed by atoms with Crippen LogP contribution in [0.15, 0.2) is 47.5 Å². The summed E-state index contributed by atoms with van der Waals surface area (Å²) < 4.78 is 8.40. The Kier molecular flexibility index (Phi) is 9.69. The van der Waals surface area contributed by atoms with E-state index in [2.05, 4.69) is 0 Å². The summed E-state index contributed by atoms with van der Waals surface area (Å²) in [5.41, 5.74) is 0.759. The van der Waals surface area contributed by atoms with Crippen LogP contribution < -0.4 is 34.4 Å². The summed E-state index contributed by atoms with van der Waals surface area (Å²) in [7, 11) is 0. The van der Waals surface area contributed by atoms with Crippen LogP contribution >= 0.6 is 23.1 Å². The molecule has 0 unspecified atom stereocenters. The smallest absolute Gasteiger partial charge is 0.431 e. The van der Waals surface area contributed by atoms with E-state index in [0.29, 0.717) is 30.9 Å². The number of nitro benzene ring substituents is 1. The Balaban J connectivity index is 0.00000442. The molecule has 2 aliphatic rings. The van der Waals surface area contributed by atoms with Crippen molar-refractivity contribution < 1.29 is 67.6 Å². The Bertz CT molecular complexity index is 1700. The number of carbonyl (C=O) groups is 4. The number of nitro groups is 1. The van der Waals surface area contributed by atoms with E-state index in [0.717, 1.165) is 0 Å². The minimum Gasteiger partial charge on any atom is -1.00 e. The van der Waals surface area contributed by atoms with Crippen molar-refractivity contribution in [1.29, 1.82) is 0 Å². The molecule has 1 aromatic carbocycles. The number of hydrogen-bond acceptors (Lipinski definition) is 11. The maximum atomic E-state index is 12.8. The van der Waals surface area contributed by atoms with E-state index in [-0.39, 0.29) is 54.4 Å². The molecule has 4 N–H and O–H groups in total. The van der Waals surface area contributed by atoms with E-state index >= 15 is 0 Å². The van der Waals surface area contributed by atoms with Crippen molar-refractivity contribution in [2.24, 2.45) is 17.7 Å². The first kappa shape index (κ1) is 33.3. The van der Waals surface area contributed by atoms with E-state index in [1.165, 1.54) is 59.2 Å². The lowest BCUT2D eigenvalue weighted by Gasteiger charge is -2.46. The zero-order chi connectivity index (χ0) is 31.3. The Hall–Kier alpha value is -3.59. The van der Waals surface area contributed by atoms with E-state index in [1.807, 2.05) is 6.92 Å². The number of nitrogens with two attached hydrogens (primary N) is 1. The first-order valence-electron chi connectivity index (χ1n) is 12.9. The van der Waals surface area contributed by atoms with E-state index in [1.54, 1.807) is 27.7 Å². The van der Waals surface area contributed by atoms with Crippen molar-refractivity contribution in [3.05, 3.63) is 63.0 Å². The third-order valence-electron chi connectivity index (χ3n) is 7.52. The highest BCUT2D eigenvalue weighted by molar-refractivity contribution is 7.98. The number of hydrogen-bond donors (Lipinski definition) is 3. The van der Waals surface area contributed by atoms with Gasteiger partial charge in [0.15, 0.2) is 6.54 Å². The number of carbonyl (C=O) groups excluding carboxylic acids is 3. The number of aromatic nitrogens is 2. The van der Waals surface area contributed by atoms with Gasteiger partial charge in [0.25, 0.3) is 17.9 Å². The van der Waals surface area contributed by atoms with E-state index in [9.17, 15) is 39.5 Å². The highest BCUT2D eigenvalue weighted by Crippen LogP contribution is 2.51. The van der Waals surface area contributed by atoms with Crippen LogP contribution in [-0.2, 0) is 32.3 Å². The number of aliphatic carboxylic acids is 1. The van der Waals surface area contributed by atoms with Gasteiger partial charge in [0.05, 0.1) is 27.9 Å². The van der Waals surface area contributed by atoms with Crippen molar-refractivity contribution in [1.82, 2.24) is 14.3 Å². The molecule has 2 aromatic heterocycles. The number of fused-ring (bicyclic) bond motifs is 2. The predicted octanol–water partition coefficient (Wildman–Crippen LogP) is -1.39. The lowest BCUT2D eigenvalue weighted by Crippen LogP contribution is -3.00. The van der Waals surface area contributed by atoms with Gasteiger partial charge in [-0.05, 0) is 30.9 Å². The first-order chi connectivity index (χ1) is 20.3. The Labute approximate surface area is 275 Å². The highest BCUT2D eigenvalue weighted by Gasteiger charge is 2.60. The van der Waals surface area contributed by atoms with Gasteiger partial charge in [0, 0.05) is 23.6 Å². The number of halogens is 1. The van der Waals surface area contributed by atoms with Gasteiger partial charge in [-0.25, -0.2) is 20.0 Å². The molecule has 3 aromatic rings. The molecule has 4 atom stereocenters. The van der Waals surface area contributed by atoms with Crippen molar-refractivity contribution in [2.45, 2.75) is 44.2 Å². The topological polar surface area (TPSA) is 202 Å². The molecule has 3 amide bonds. The molecular formula is C26H27IN6O9S2. The maximum absolute atomic E-state index is 12.8. The second-order valence-electron chi connectivity index (χ2n) is 10.1. The van der Waals surface area contributed by atoms with Crippen LogP contribution in [0.4, 0.5) is 10.5 Å². The number of carboxylic acids is 1. The van der Waals surface area contributed by atoms with E-state index in [4.69, 9.17) is 10.6 Å². The number of aliphatic hydroxyl groups is 1. The molecule has 0 aliphatic carbocycles. The van der Waals surface area contributed by atoms with Crippen molar-refractivity contribution >= 4 is 63.1 Å². The van der Waals surface area contributed by atoms with Gasteiger partial charge in [0.1, 0.15) is 18.5 Å². The number of amides is 3. The molecule has 1 saturated heterocycles. The minimum atomic E-state index is -1.23. The van der Waals surface area contributed by atoms with Gasteiger partial charge in [-0.15, -0.1) is 0 Å². The van der Waals surface area contributed by atoms with Crippen LogP contribution in [-0.4, -0.2) is 71.7 Å². The van der Waals surface area contributed by atoms with Gasteiger partial charge < -0.3 is 43.8 Å². The molecule has 1 fully saturated rings. The number of aliphatic hydroxyl groups excluding tert-OH is 1. The molecular weight excluding hydrogens is 731 g/mol. The van der Waals surface area contributed by atoms with Crippen molar-refractivity contribution in [3.63, 3.8) is 0 Å². The number of thioether (sulfide) groups is 1. The average molecular weight is 759 g/mol. The lowest BCUT2D eigenvalue weighted by molar-refractivity contribution is -0.718. The molecule has 15 nitrogen and oxygen atoms in total. The number of imidazole rings is 1. The number of non-ortho nitro benzene ring substituents is 1. The van der Waals surface area contributed by atoms with Crippen LogP contribution in [0.3, 0.4) is 0 Å². The molecule has 2 aliphatic heterocycles. The molecule has 0 spiro atoms. The summed E-state index contributed by atoms with van der Waals surface area (Å²) in [5.74, 6) is 2.31. The average Bonchev–Trinajstić information content (AvgIpc) is 3.57. The van der Waals surface area contributed by atoms with E-state index < -0.39 is 46.9 Å². The zero-order valence-corrected chi connectivity index (χ0v) is 27.2. The molecule has 0 radical (unpaired) electrons. The zero-order valence-electron chi connectivity index (χ0n) is 23.4. The summed E-state index contributed by atoms with van der Waals surface area (Å²) in [4.78, 5) is 63.0. The second-order valence-corrected chi connectivity index (χ2v) is 11.9. The van der Waals surface area contributed by atoms with Crippen LogP contribution in [0, 0.1) is 22.0 Å². The molecule has 0 bridgehead atoms. The SMILES string of the molecule is CSc1c2sc(C3=C(C(=O)O)N4C(=O)[C@H]([C@@H](C)O)[C@H]4[C@H]3C)cn2c[n+]1CC(=O)N(N)C(=O)OCc1ccc([N+](=O)[O-])cc1.[I-]. The molecule has 0 saturated carbocycles. The fourth-order valence-corrected chi connectivity index (χ4v) is 7.70. The van der Waals surface area contributed by atoms with Gasteiger partial charge in [-0.2, -0.15) is 9.41 Å². The minimum absolute atomic E-state index is 0. The molecule has 234 valence electrons. The first-order valence-corrected chi connectivity index (χ1v) is 14.9. The largest absolute Gasteiger partial charge is 1.00 e. The van der Waals surface area contributed by atoms with Crippen molar-refractivity contribution in [3.8, 4) is 0 Å². The Morgan fingerprint density at radius 3 is 2.52 bits per heavy atom. The fraction of sp³-hybridized carbons (Fsp3) is 0.346. The number of nitrogens with zero attached hydrogens (tertiary/aromatic N) is 5. The number of benzene rings is 1. The van der Waals surface area contributed by atoms with Crippen molar-refractivity contribution in [2.75, 3.05) is 6.26 Å². The molecule has 5 rings (SSSR count). The van der Waals surface area contributed by atoms with Gasteiger partial charge in [-0.1, -0.05) is 30.0 Å². The molecule has 44 heavy (non-hydrogen) atoms. The normalized spacial score (nSPS) is 19.7. The number of rotatable bonds is 9. The number of imide groups is 1. The number of hydrazine groups is 1. The van der Waals surface area contributed by atoms with Crippen LogP contribution in [0.1, 0.15) is 24.3 Å². The summed E-state index contributed by atoms with van der Waals surface area (Å²) in [6.07, 6.45) is 3.13. The lowest BCUT2D eigenvalue weighted by atomic mass is 9.77. The predicted molar refractivity (Wildman–Crippen MR) is 151 cm³/mol. The number of β-lactam (4-membered cyclic amide) rings is 1. The third-order valence-corrected chi connectivity index (χ3v) is 9.61. The van der Waals surface area contributed by atoms with Gasteiger partial charge in [-0.3, -0.25) is 19.7 Å². The quantitative estimate of drug-likeness (QED) is 0.0339. The number of ether oxygens (including phenoxy) is 1. The summed E-state index contributed by atoms with van der Waals surface area (Å²) in [6.45, 7) is 2.81. The fourth-order valence-electron chi connectivity index (χ4n) is 5.52. The standard InChI is InChI=1S/C26H26N6O9S2.HI/c1-12-18(21(25(36)37)30-20(12)19(13(2)33)22(30)35)16-8-28-11-29(23(42-3)24(28)43-16)9-17(34)31(27)26(38)41-10-14-4-6-15(7-5-14)32(39)40;/h4-8,11-13,19-20,33H,9-10,27H2,1-3H3;1H/t12-,13+,19+,20+;/m0./s1. The monoisotopic (exact) mass is 758 g/mol. The second kappa shape index (κ2) is 12.8. The molecule has 4 heterocycles. The summed E-state index contributed by atoms with van der Waals surface area (Å²) >= 11 is 2.63. The molecule has 18 heteroatoms. The Morgan fingerprint density at radius 2 is 1.95 bits per heavy atom. The van der Waals surface area contributed by atoms with Crippen LogP contribution in [0.2, 0.25) is 0 Å². The van der Waals surface area contributed by atoms with Crippen LogP contribution in [0.5, 0.6) is 0 Å². The van der Waals surface area contributed by atoms with Gasteiger partial charge >= 0.3 is 12.1 Å². The number of carboxylic acid groups (broad SMARTS) is 1. The summed E-state index contributed by atoms with van der Waals surface area (Å²) in [6, 6.07) is 4.92.